The van der Waals surface area contributed by atoms with Crippen molar-refractivity contribution >= 4 is 39.3 Å². The Kier molecular flexibility index (Phi) is 4.81. The second kappa shape index (κ2) is 7.38. The van der Waals surface area contributed by atoms with E-state index in [-0.39, 0.29) is 11.2 Å². The van der Waals surface area contributed by atoms with E-state index in [2.05, 4.69) is 41.2 Å². The molecule has 1 N–H and O–H groups in total. The van der Waals surface area contributed by atoms with Gasteiger partial charge in [-0.3, -0.25) is 9.59 Å². The number of ketones is 1. The first kappa shape index (κ1) is 19.6. The topological polar surface area (TPSA) is 51.1 Å². The van der Waals surface area contributed by atoms with Crippen LogP contribution in [0.3, 0.4) is 0 Å². The van der Waals surface area contributed by atoms with Gasteiger partial charge in [-0.25, -0.2) is 0 Å². The Balaban J connectivity index is 1.64. The van der Waals surface area contributed by atoms with Crippen molar-refractivity contribution in [2.75, 3.05) is 5.32 Å². The first-order valence-electron chi connectivity index (χ1n) is 11.0. The Labute approximate surface area is 181 Å². The highest BCUT2D eigenvalue weighted by atomic mass is 32.1. The molecule has 0 radical (unpaired) electrons. The van der Waals surface area contributed by atoms with E-state index in [9.17, 15) is 9.59 Å². The molecule has 5 rings (SSSR count). The SMILES string of the molecule is CC1(C)CC(=O)c2c(n(-c3ccc(C=O)c(NC4CCCCC4)c3)c3sccc23)C1. The minimum absolute atomic E-state index is 0.0474. The molecule has 2 aromatic heterocycles. The molecule has 0 saturated heterocycles. The summed E-state index contributed by atoms with van der Waals surface area (Å²) in [5.74, 6) is 0.244. The van der Waals surface area contributed by atoms with Gasteiger partial charge < -0.3 is 9.88 Å². The minimum Gasteiger partial charge on any atom is -0.382 e. The number of fused-ring (bicyclic) bond motifs is 3. The molecule has 2 aliphatic carbocycles. The third-order valence-corrected chi connectivity index (χ3v) is 7.52. The normalized spacial score (nSPS) is 19.1. The maximum Gasteiger partial charge on any atom is 0.165 e. The molecule has 0 amide bonds. The monoisotopic (exact) mass is 420 g/mol. The van der Waals surface area contributed by atoms with Gasteiger partial charge >= 0.3 is 0 Å². The lowest BCUT2D eigenvalue weighted by Crippen LogP contribution is -2.28. The number of carbonyl (C=O) groups is 2. The van der Waals surface area contributed by atoms with Crippen molar-refractivity contribution in [3.63, 3.8) is 0 Å². The van der Waals surface area contributed by atoms with Crippen LogP contribution in [0.25, 0.3) is 15.9 Å². The summed E-state index contributed by atoms with van der Waals surface area (Å²) in [6, 6.07) is 8.53. The number of hydrogen-bond donors (Lipinski definition) is 1. The smallest absolute Gasteiger partial charge is 0.165 e. The predicted octanol–water partition coefficient (Wildman–Crippen LogP) is 6.40. The lowest BCUT2D eigenvalue weighted by molar-refractivity contribution is 0.0912. The van der Waals surface area contributed by atoms with Crippen LogP contribution in [0.2, 0.25) is 0 Å². The largest absolute Gasteiger partial charge is 0.382 e. The number of nitrogens with one attached hydrogen (secondary N) is 1. The van der Waals surface area contributed by atoms with Gasteiger partial charge in [0, 0.05) is 46.0 Å². The number of hydrogen-bond acceptors (Lipinski definition) is 4. The van der Waals surface area contributed by atoms with Crippen LogP contribution >= 0.6 is 11.3 Å². The lowest BCUT2D eigenvalue weighted by Gasteiger charge is -2.30. The van der Waals surface area contributed by atoms with Crippen molar-refractivity contribution in [3.8, 4) is 5.69 Å². The first-order chi connectivity index (χ1) is 14.5. The van der Waals surface area contributed by atoms with Gasteiger partial charge in [-0.2, -0.15) is 0 Å². The fourth-order valence-corrected chi connectivity index (χ4v) is 6.17. The third kappa shape index (κ3) is 3.29. The zero-order chi connectivity index (χ0) is 20.9. The first-order valence-corrected chi connectivity index (χ1v) is 11.8. The maximum atomic E-state index is 13.0. The summed E-state index contributed by atoms with van der Waals surface area (Å²) < 4.78 is 2.26. The van der Waals surface area contributed by atoms with Crippen LogP contribution in [0, 0.1) is 5.41 Å². The van der Waals surface area contributed by atoms with Gasteiger partial charge in [0.05, 0.1) is 0 Å². The van der Waals surface area contributed by atoms with Crippen molar-refractivity contribution < 1.29 is 9.59 Å². The second-order valence-electron chi connectivity index (χ2n) is 9.61. The van der Waals surface area contributed by atoms with Crippen molar-refractivity contribution in [1.29, 1.82) is 0 Å². The van der Waals surface area contributed by atoms with Crippen LogP contribution in [-0.4, -0.2) is 22.7 Å². The Hall–Kier alpha value is -2.40. The molecule has 0 bridgehead atoms. The molecule has 3 aromatic rings. The Morgan fingerprint density at radius 2 is 1.93 bits per heavy atom. The molecule has 0 spiro atoms. The van der Waals surface area contributed by atoms with Gasteiger partial charge in [0.15, 0.2) is 12.1 Å². The van der Waals surface area contributed by atoms with Crippen molar-refractivity contribution in [3.05, 3.63) is 46.5 Å². The van der Waals surface area contributed by atoms with Gasteiger partial charge in [-0.05, 0) is 54.3 Å². The molecule has 156 valence electrons. The molecular formula is C25H28N2O2S. The highest BCUT2D eigenvalue weighted by molar-refractivity contribution is 7.17. The van der Waals surface area contributed by atoms with E-state index in [0.29, 0.717) is 18.0 Å². The Morgan fingerprint density at radius 1 is 1.13 bits per heavy atom. The van der Waals surface area contributed by atoms with Gasteiger partial charge in [-0.1, -0.05) is 33.1 Å². The lowest BCUT2D eigenvalue weighted by atomic mass is 9.76. The number of nitrogens with zero attached hydrogens (tertiary/aromatic N) is 1. The average molecular weight is 421 g/mol. The number of carbonyl (C=O) groups excluding carboxylic acids is 2. The molecule has 4 nitrogen and oxygen atoms in total. The summed E-state index contributed by atoms with van der Waals surface area (Å²) >= 11 is 1.68. The number of aldehydes is 1. The van der Waals surface area contributed by atoms with E-state index < -0.39 is 0 Å². The van der Waals surface area contributed by atoms with E-state index in [1.165, 1.54) is 19.3 Å². The molecule has 1 aromatic carbocycles. The highest BCUT2D eigenvalue weighted by Gasteiger charge is 2.36. The number of aromatic nitrogens is 1. The maximum absolute atomic E-state index is 13.0. The van der Waals surface area contributed by atoms with E-state index >= 15 is 0 Å². The van der Waals surface area contributed by atoms with E-state index in [1.54, 1.807) is 11.3 Å². The zero-order valence-corrected chi connectivity index (χ0v) is 18.5. The fourth-order valence-electron chi connectivity index (χ4n) is 5.22. The molecule has 0 unspecified atom stereocenters. The average Bonchev–Trinajstić information content (AvgIpc) is 3.27. The number of benzene rings is 1. The van der Waals surface area contributed by atoms with E-state index in [4.69, 9.17) is 0 Å². The molecule has 5 heteroatoms. The molecule has 2 aliphatic rings. The van der Waals surface area contributed by atoms with Crippen molar-refractivity contribution in [2.24, 2.45) is 5.41 Å². The Morgan fingerprint density at radius 3 is 2.70 bits per heavy atom. The summed E-state index contributed by atoms with van der Waals surface area (Å²) in [5, 5.41) is 6.77. The van der Waals surface area contributed by atoms with Crippen LogP contribution in [0.5, 0.6) is 0 Å². The van der Waals surface area contributed by atoms with Crippen LogP contribution < -0.4 is 5.32 Å². The van der Waals surface area contributed by atoms with Crippen LogP contribution in [0.15, 0.2) is 29.6 Å². The molecule has 1 fully saturated rings. The highest BCUT2D eigenvalue weighted by Crippen LogP contribution is 2.43. The summed E-state index contributed by atoms with van der Waals surface area (Å²) in [6.45, 7) is 4.34. The second-order valence-corrected chi connectivity index (χ2v) is 10.5. The standard InChI is InChI=1S/C25H28N2O2S/c1-25(2)13-21-23(22(29)14-25)19-10-11-30-24(19)27(21)18-9-8-16(15-28)20(12-18)26-17-6-4-3-5-7-17/h8-12,15,17,26H,3-7,13-14H2,1-2H3. The number of rotatable bonds is 4. The zero-order valence-electron chi connectivity index (χ0n) is 17.7. The third-order valence-electron chi connectivity index (χ3n) is 6.63. The predicted molar refractivity (Wildman–Crippen MR) is 123 cm³/mol. The summed E-state index contributed by atoms with van der Waals surface area (Å²) in [4.78, 5) is 25.8. The van der Waals surface area contributed by atoms with Gasteiger partial charge in [0.1, 0.15) is 4.83 Å². The fraction of sp³-hybridized carbons (Fsp3) is 0.440. The van der Waals surface area contributed by atoms with Gasteiger partial charge in [0.2, 0.25) is 0 Å². The van der Waals surface area contributed by atoms with Gasteiger partial charge in [0.25, 0.3) is 0 Å². The van der Waals surface area contributed by atoms with Gasteiger partial charge in [-0.15, -0.1) is 11.3 Å². The quantitative estimate of drug-likeness (QED) is 0.497. The Bertz CT molecular complexity index is 1130. The summed E-state index contributed by atoms with van der Waals surface area (Å²) in [6.07, 6.45) is 8.49. The molecule has 30 heavy (non-hydrogen) atoms. The van der Waals surface area contributed by atoms with E-state index in [1.807, 2.05) is 12.1 Å². The number of anilines is 1. The van der Waals surface area contributed by atoms with Crippen LogP contribution in [0.4, 0.5) is 5.69 Å². The van der Waals surface area contributed by atoms with E-state index in [0.717, 1.165) is 58.4 Å². The number of thiophene rings is 1. The summed E-state index contributed by atoms with van der Waals surface area (Å²) in [7, 11) is 0. The number of Topliss-reactive ketones (excluding diaryl/α,β-unsaturated/α-hetero) is 1. The molecule has 0 atom stereocenters. The summed E-state index contributed by atoms with van der Waals surface area (Å²) in [5.41, 5.74) is 4.59. The minimum atomic E-state index is -0.0474. The van der Waals surface area contributed by atoms with Crippen molar-refractivity contribution in [1.82, 2.24) is 4.57 Å². The van der Waals surface area contributed by atoms with Crippen molar-refractivity contribution in [2.45, 2.75) is 64.8 Å². The molecular weight excluding hydrogens is 392 g/mol. The molecule has 0 aliphatic heterocycles. The molecule has 1 saturated carbocycles. The molecule has 2 heterocycles. The van der Waals surface area contributed by atoms with Crippen LogP contribution in [-0.2, 0) is 6.42 Å². The van der Waals surface area contributed by atoms with Crippen LogP contribution in [0.1, 0.15) is 78.8 Å².